The Morgan fingerprint density at radius 2 is 1.20 bits per heavy atom. The molecule has 106 valence electrons. The standard InChI is InChI=1S/C20H26/c1-3-4-15-20(2,16-18-11-7-5-8-12-18)17-19-13-9-6-10-14-19/h5-14H,3-4,15-17H2,1-2H3. The van der Waals surface area contributed by atoms with Crippen LogP contribution < -0.4 is 0 Å². The maximum absolute atomic E-state index is 2.45. The van der Waals surface area contributed by atoms with Gasteiger partial charge in [0.1, 0.15) is 0 Å². The molecule has 0 saturated carbocycles. The number of unbranched alkanes of at least 4 members (excludes halogenated alkanes) is 1. The van der Waals surface area contributed by atoms with Crippen molar-refractivity contribution in [3.05, 3.63) is 71.8 Å². The van der Waals surface area contributed by atoms with Crippen molar-refractivity contribution in [3.8, 4) is 0 Å². The molecule has 0 atom stereocenters. The zero-order valence-corrected chi connectivity index (χ0v) is 12.8. The lowest BCUT2D eigenvalue weighted by Crippen LogP contribution is -2.23. The molecule has 2 aromatic carbocycles. The molecule has 0 aliphatic rings. The molecule has 0 aromatic heterocycles. The van der Waals surface area contributed by atoms with Gasteiger partial charge in [-0.3, -0.25) is 0 Å². The first-order valence-corrected chi connectivity index (χ1v) is 7.80. The van der Waals surface area contributed by atoms with Crippen LogP contribution in [0.15, 0.2) is 60.7 Å². The number of hydrogen-bond acceptors (Lipinski definition) is 0. The summed E-state index contributed by atoms with van der Waals surface area (Å²) in [5.41, 5.74) is 3.28. The summed E-state index contributed by atoms with van der Waals surface area (Å²) in [5, 5.41) is 0. The highest BCUT2D eigenvalue weighted by molar-refractivity contribution is 5.20. The Hall–Kier alpha value is -1.56. The highest BCUT2D eigenvalue weighted by Crippen LogP contribution is 2.33. The third-order valence-corrected chi connectivity index (χ3v) is 4.08. The molecular weight excluding hydrogens is 240 g/mol. The Balaban J connectivity index is 2.12. The van der Waals surface area contributed by atoms with E-state index in [4.69, 9.17) is 0 Å². The summed E-state index contributed by atoms with van der Waals surface area (Å²) in [4.78, 5) is 0. The van der Waals surface area contributed by atoms with E-state index in [2.05, 4.69) is 74.5 Å². The molecule has 0 aliphatic carbocycles. The molecule has 0 unspecified atom stereocenters. The Bertz CT molecular complexity index is 442. The van der Waals surface area contributed by atoms with E-state index in [1.165, 1.54) is 43.2 Å². The van der Waals surface area contributed by atoms with Gasteiger partial charge in [-0.25, -0.2) is 0 Å². The largest absolute Gasteiger partial charge is 0.0654 e. The lowest BCUT2D eigenvalue weighted by molar-refractivity contribution is 0.282. The minimum atomic E-state index is 0.360. The van der Waals surface area contributed by atoms with Gasteiger partial charge in [-0.2, -0.15) is 0 Å². The van der Waals surface area contributed by atoms with Crippen molar-refractivity contribution in [2.24, 2.45) is 5.41 Å². The van der Waals surface area contributed by atoms with Gasteiger partial charge in [-0.1, -0.05) is 87.4 Å². The van der Waals surface area contributed by atoms with Gasteiger partial charge in [-0.15, -0.1) is 0 Å². The SMILES string of the molecule is CCCCC(C)(Cc1ccccc1)Cc1ccccc1. The second kappa shape index (κ2) is 7.28. The summed E-state index contributed by atoms with van der Waals surface area (Å²) in [6, 6.07) is 21.8. The van der Waals surface area contributed by atoms with Gasteiger partial charge in [0.2, 0.25) is 0 Å². The Labute approximate surface area is 123 Å². The van der Waals surface area contributed by atoms with E-state index in [-0.39, 0.29) is 0 Å². The van der Waals surface area contributed by atoms with Crippen LogP contribution in [0, 0.1) is 5.41 Å². The van der Waals surface area contributed by atoms with Gasteiger partial charge in [0, 0.05) is 0 Å². The average Bonchev–Trinajstić information content (AvgIpc) is 2.47. The summed E-state index contributed by atoms with van der Waals surface area (Å²) in [6.07, 6.45) is 6.23. The van der Waals surface area contributed by atoms with Crippen LogP contribution >= 0.6 is 0 Å². The van der Waals surface area contributed by atoms with Crippen LogP contribution in [0.3, 0.4) is 0 Å². The van der Waals surface area contributed by atoms with E-state index >= 15 is 0 Å². The normalized spacial score (nSPS) is 11.5. The summed E-state index contributed by atoms with van der Waals surface area (Å²) >= 11 is 0. The van der Waals surface area contributed by atoms with Gasteiger partial charge < -0.3 is 0 Å². The smallest absolute Gasteiger partial charge is 0.0221 e. The van der Waals surface area contributed by atoms with Crippen LogP contribution in [0.2, 0.25) is 0 Å². The first kappa shape index (κ1) is 14.8. The Morgan fingerprint density at radius 3 is 1.60 bits per heavy atom. The molecule has 2 rings (SSSR count). The number of hydrogen-bond donors (Lipinski definition) is 0. The van der Waals surface area contributed by atoms with E-state index < -0.39 is 0 Å². The second-order valence-corrected chi connectivity index (χ2v) is 6.24. The summed E-state index contributed by atoms with van der Waals surface area (Å²) in [7, 11) is 0. The molecule has 0 amide bonds. The minimum Gasteiger partial charge on any atom is -0.0654 e. The molecule has 20 heavy (non-hydrogen) atoms. The predicted octanol–water partition coefficient (Wildman–Crippen LogP) is 5.67. The number of rotatable bonds is 7. The lowest BCUT2D eigenvalue weighted by atomic mass is 9.75. The van der Waals surface area contributed by atoms with Crippen molar-refractivity contribution in [1.82, 2.24) is 0 Å². The molecule has 0 bridgehead atoms. The highest BCUT2D eigenvalue weighted by Gasteiger charge is 2.24. The van der Waals surface area contributed by atoms with Crippen LogP contribution in [0.25, 0.3) is 0 Å². The molecule has 0 saturated heterocycles. The molecule has 0 N–H and O–H groups in total. The fourth-order valence-corrected chi connectivity index (χ4v) is 3.02. The maximum Gasteiger partial charge on any atom is -0.0221 e. The molecular formula is C20H26. The van der Waals surface area contributed by atoms with Gasteiger partial charge in [-0.05, 0) is 35.8 Å². The third-order valence-electron chi connectivity index (χ3n) is 4.08. The van der Waals surface area contributed by atoms with Crippen LogP contribution in [-0.2, 0) is 12.8 Å². The zero-order chi connectivity index (χ0) is 14.3. The first-order valence-electron chi connectivity index (χ1n) is 7.80. The topological polar surface area (TPSA) is 0 Å². The maximum atomic E-state index is 2.45. The predicted molar refractivity (Wildman–Crippen MR) is 87.9 cm³/mol. The molecule has 0 radical (unpaired) electrons. The van der Waals surface area contributed by atoms with Crippen molar-refractivity contribution < 1.29 is 0 Å². The van der Waals surface area contributed by atoms with Crippen molar-refractivity contribution in [3.63, 3.8) is 0 Å². The zero-order valence-electron chi connectivity index (χ0n) is 12.8. The average molecular weight is 266 g/mol. The lowest BCUT2D eigenvalue weighted by Gasteiger charge is -2.30. The summed E-state index contributed by atoms with van der Waals surface area (Å²) < 4.78 is 0. The van der Waals surface area contributed by atoms with Gasteiger partial charge in [0.05, 0.1) is 0 Å². The monoisotopic (exact) mass is 266 g/mol. The summed E-state index contributed by atoms with van der Waals surface area (Å²) in [6.45, 7) is 4.73. The highest BCUT2D eigenvalue weighted by atomic mass is 14.3. The van der Waals surface area contributed by atoms with E-state index in [0.29, 0.717) is 5.41 Å². The van der Waals surface area contributed by atoms with E-state index in [0.717, 1.165) is 0 Å². The second-order valence-electron chi connectivity index (χ2n) is 6.24. The van der Waals surface area contributed by atoms with Crippen molar-refractivity contribution in [1.29, 1.82) is 0 Å². The molecule has 2 aromatic rings. The van der Waals surface area contributed by atoms with Crippen molar-refractivity contribution >= 4 is 0 Å². The molecule has 0 heterocycles. The van der Waals surface area contributed by atoms with E-state index in [1.807, 2.05) is 0 Å². The van der Waals surface area contributed by atoms with Crippen LogP contribution in [-0.4, -0.2) is 0 Å². The fourth-order valence-electron chi connectivity index (χ4n) is 3.02. The fraction of sp³-hybridized carbons (Fsp3) is 0.400. The molecule has 0 heteroatoms. The molecule has 0 aliphatic heterocycles. The minimum absolute atomic E-state index is 0.360. The van der Waals surface area contributed by atoms with Crippen LogP contribution in [0.4, 0.5) is 0 Å². The Morgan fingerprint density at radius 1 is 0.750 bits per heavy atom. The molecule has 0 spiro atoms. The molecule has 0 nitrogen and oxygen atoms in total. The van der Waals surface area contributed by atoms with Gasteiger partial charge in [0.15, 0.2) is 0 Å². The first-order chi connectivity index (χ1) is 9.72. The van der Waals surface area contributed by atoms with Crippen LogP contribution in [0.5, 0.6) is 0 Å². The van der Waals surface area contributed by atoms with Crippen LogP contribution in [0.1, 0.15) is 44.2 Å². The van der Waals surface area contributed by atoms with Gasteiger partial charge in [0.25, 0.3) is 0 Å². The Kier molecular flexibility index (Phi) is 5.40. The van der Waals surface area contributed by atoms with Crippen molar-refractivity contribution in [2.75, 3.05) is 0 Å². The van der Waals surface area contributed by atoms with Crippen molar-refractivity contribution in [2.45, 2.75) is 46.0 Å². The quantitative estimate of drug-likeness (QED) is 0.606. The van der Waals surface area contributed by atoms with Gasteiger partial charge >= 0.3 is 0 Å². The molecule has 0 fully saturated rings. The van der Waals surface area contributed by atoms with E-state index in [1.54, 1.807) is 0 Å². The summed E-state index contributed by atoms with van der Waals surface area (Å²) in [5.74, 6) is 0. The van der Waals surface area contributed by atoms with E-state index in [9.17, 15) is 0 Å². The third kappa shape index (κ3) is 4.52. The number of benzene rings is 2.